The summed E-state index contributed by atoms with van der Waals surface area (Å²) in [5.41, 5.74) is 2.92. The standard InChI is InChI=1S/C15H16O3/c1-18-15(17)7-2-4-11-8-9-12-5-3-6-14(16)13(12)10-11/h2,4,8-10H,3,5-7H2,1H3. The van der Waals surface area contributed by atoms with Crippen LogP contribution in [0.5, 0.6) is 0 Å². The van der Waals surface area contributed by atoms with Crippen LogP contribution in [0.3, 0.4) is 0 Å². The van der Waals surface area contributed by atoms with Crippen LogP contribution >= 0.6 is 0 Å². The van der Waals surface area contributed by atoms with Crippen molar-refractivity contribution in [3.63, 3.8) is 0 Å². The Morgan fingerprint density at radius 2 is 2.22 bits per heavy atom. The van der Waals surface area contributed by atoms with Crippen LogP contribution < -0.4 is 0 Å². The lowest BCUT2D eigenvalue weighted by atomic mass is 9.89. The van der Waals surface area contributed by atoms with Gasteiger partial charge in [0.1, 0.15) is 0 Å². The minimum atomic E-state index is -0.264. The number of rotatable bonds is 3. The number of hydrogen-bond acceptors (Lipinski definition) is 3. The molecule has 0 atom stereocenters. The molecule has 0 spiro atoms. The molecule has 3 heteroatoms. The first-order valence-corrected chi connectivity index (χ1v) is 6.10. The smallest absolute Gasteiger partial charge is 0.309 e. The van der Waals surface area contributed by atoms with E-state index in [1.165, 1.54) is 7.11 Å². The average molecular weight is 244 g/mol. The number of esters is 1. The van der Waals surface area contributed by atoms with Crippen molar-refractivity contribution in [2.45, 2.75) is 25.7 Å². The predicted octanol–water partition coefficient (Wildman–Crippen LogP) is 2.78. The molecule has 0 bridgehead atoms. The Morgan fingerprint density at radius 3 is 3.00 bits per heavy atom. The van der Waals surface area contributed by atoms with Gasteiger partial charge in [-0.25, -0.2) is 0 Å². The molecule has 0 saturated carbocycles. The molecule has 3 nitrogen and oxygen atoms in total. The van der Waals surface area contributed by atoms with Gasteiger partial charge in [0.05, 0.1) is 13.5 Å². The van der Waals surface area contributed by atoms with Crippen molar-refractivity contribution in [2.75, 3.05) is 7.11 Å². The predicted molar refractivity (Wildman–Crippen MR) is 69.4 cm³/mol. The zero-order chi connectivity index (χ0) is 13.0. The molecule has 0 aliphatic heterocycles. The molecule has 1 aliphatic rings. The Labute approximate surface area is 106 Å². The third-order valence-corrected chi connectivity index (χ3v) is 3.11. The Hall–Kier alpha value is -1.90. The van der Waals surface area contributed by atoms with Crippen LogP contribution in [0.1, 0.15) is 40.7 Å². The van der Waals surface area contributed by atoms with Gasteiger partial charge >= 0.3 is 5.97 Å². The van der Waals surface area contributed by atoms with Crippen LogP contribution in [0, 0.1) is 0 Å². The van der Waals surface area contributed by atoms with Gasteiger partial charge in [0.15, 0.2) is 5.78 Å². The number of fused-ring (bicyclic) bond motifs is 1. The third-order valence-electron chi connectivity index (χ3n) is 3.11. The number of benzene rings is 1. The molecule has 0 saturated heterocycles. The van der Waals surface area contributed by atoms with E-state index in [2.05, 4.69) is 4.74 Å². The zero-order valence-electron chi connectivity index (χ0n) is 10.4. The van der Waals surface area contributed by atoms with Gasteiger partial charge in [-0.3, -0.25) is 9.59 Å². The first-order chi connectivity index (χ1) is 8.70. The SMILES string of the molecule is COC(=O)CC=Cc1ccc2c(c1)C(=O)CCC2. The average Bonchev–Trinajstić information content (AvgIpc) is 2.39. The van der Waals surface area contributed by atoms with Crippen molar-refractivity contribution in [1.29, 1.82) is 0 Å². The molecule has 1 aliphatic carbocycles. The van der Waals surface area contributed by atoms with Crippen molar-refractivity contribution < 1.29 is 14.3 Å². The van der Waals surface area contributed by atoms with Crippen LogP contribution in [0.2, 0.25) is 0 Å². The van der Waals surface area contributed by atoms with Gasteiger partial charge in [-0.2, -0.15) is 0 Å². The fourth-order valence-electron chi connectivity index (χ4n) is 2.12. The quantitative estimate of drug-likeness (QED) is 0.768. The number of hydrogen-bond donors (Lipinski definition) is 0. The molecule has 0 heterocycles. The fourth-order valence-corrected chi connectivity index (χ4v) is 2.12. The first-order valence-electron chi connectivity index (χ1n) is 6.10. The highest BCUT2D eigenvalue weighted by Gasteiger charge is 2.16. The highest BCUT2D eigenvalue weighted by atomic mass is 16.5. The van der Waals surface area contributed by atoms with Gasteiger partial charge in [0, 0.05) is 12.0 Å². The van der Waals surface area contributed by atoms with Crippen LogP contribution in [0.4, 0.5) is 0 Å². The highest BCUT2D eigenvalue weighted by molar-refractivity contribution is 5.99. The molecule has 0 unspecified atom stereocenters. The van der Waals surface area contributed by atoms with E-state index in [4.69, 9.17) is 0 Å². The minimum Gasteiger partial charge on any atom is -0.469 e. The maximum atomic E-state index is 11.8. The summed E-state index contributed by atoms with van der Waals surface area (Å²) in [6.07, 6.45) is 6.42. The Morgan fingerprint density at radius 1 is 1.39 bits per heavy atom. The molecule has 0 radical (unpaired) electrons. The molecular weight excluding hydrogens is 228 g/mol. The monoisotopic (exact) mass is 244 g/mol. The number of Topliss-reactive ketones (excluding diaryl/α,β-unsaturated/α-hetero) is 1. The van der Waals surface area contributed by atoms with Gasteiger partial charge in [0.25, 0.3) is 0 Å². The zero-order valence-corrected chi connectivity index (χ0v) is 10.4. The van der Waals surface area contributed by atoms with E-state index >= 15 is 0 Å². The van der Waals surface area contributed by atoms with Gasteiger partial charge in [-0.05, 0) is 30.0 Å². The number of ketones is 1. The number of methoxy groups -OCH3 is 1. The number of carbonyl (C=O) groups is 2. The molecular formula is C15H16O3. The lowest BCUT2D eigenvalue weighted by Crippen LogP contribution is -2.10. The van der Waals surface area contributed by atoms with Crippen molar-refractivity contribution in [1.82, 2.24) is 0 Å². The largest absolute Gasteiger partial charge is 0.469 e. The van der Waals surface area contributed by atoms with Crippen molar-refractivity contribution in [3.8, 4) is 0 Å². The van der Waals surface area contributed by atoms with Crippen LogP contribution in [0.15, 0.2) is 24.3 Å². The Kier molecular flexibility index (Phi) is 3.92. The van der Waals surface area contributed by atoms with E-state index in [9.17, 15) is 9.59 Å². The minimum absolute atomic E-state index is 0.222. The lowest BCUT2D eigenvalue weighted by Gasteiger charge is -2.14. The maximum Gasteiger partial charge on any atom is 0.309 e. The second-order valence-corrected chi connectivity index (χ2v) is 4.38. The van der Waals surface area contributed by atoms with E-state index in [0.717, 1.165) is 29.5 Å². The normalized spacial score (nSPS) is 14.6. The van der Waals surface area contributed by atoms with Crippen LogP contribution in [-0.4, -0.2) is 18.9 Å². The Bertz CT molecular complexity index is 500. The topological polar surface area (TPSA) is 43.4 Å². The fraction of sp³-hybridized carbons (Fsp3) is 0.333. The number of aryl methyl sites for hydroxylation is 1. The van der Waals surface area contributed by atoms with Gasteiger partial charge in [-0.1, -0.05) is 24.3 Å². The van der Waals surface area contributed by atoms with E-state index in [0.29, 0.717) is 6.42 Å². The molecule has 0 aromatic heterocycles. The summed E-state index contributed by atoms with van der Waals surface area (Å²) in [6.45, 7) is 0. The van der Waals surface area contributed by atoms with Gasteiger partial charge in [-0.15, -0.1) is 0 Å². The summed E-state index contributed by atoms with van der Waals surface area (Å²) in [5.74, 6) is -0.0419. The van der Waals surface area contributed by atoms with Gasteiger partial charge in [0.2, 0.25) is 0 Å². The van der Waals surface area contributed by atoms with Crippen molar-refractivity contribution in [3.05, 3.63) is 41.0 Å². The highest BCUT2D eigenvalue weighted by Crippen LogP contribution is 2.22. The Balaban J connectivity index is 2.13. The molecule has 0 amide bonds. The molecule has 2 rings (SSSR count). The van der Waals surface area contributed by atoms with Crippen LogP contribution in [0.25, 0.3) is 6.08 Å². The number of ether oxygens (including phenoxy) is 1. The summed E-state index contributed by atoms with van der Waals surface area (Å²) in [5, 5.41) is 0. The second-order valence-electron chi connectivity index (χ2n) is 4.38. The summed E-state index contributed by atoms with van der Waals surface area (Å²) < 4.78 is 4.55. The van der Waals surface area contributed by atoms with Gasteiger partial charge < -0.3 is 4.74 Å². The van der Waals surface area contributed by atoms with Crippen LogP contribution in [-0.2, 0) is 16.0 Å². The lowest BCUT2D eigenvalue weighted by molar-refractivity contribution is -0.139. The van der Waals surface area contributed by atoms with E-state index < -0.39 is 0 Å². The van der Waals surface area contributed by atoms with E-state index in [1.54, 1.807) is 6.08 Å². The third kappa shape index (κ3) is 2.86. The van der Waals surface area contributed by atoms with E-state index in [-0.39, 0.29) is 18.2 Å². The summed E-state index contributed by atoms with van der Waals surface area (Å²) in [6, 6.07) is 5.89. The maximum absolute atomic E-state index is 11.8. The summed E-state index contributed by atoms with van der Waals surface area (Å²) in [4.78, 5) is 22.7. The first kappa shape index (κ1) is 12.6. The summed E-state index contributed by atoms with van der Waals surface area (Å²) >= 11 is 0. The molecule has 1 aromatic carbocycles. The molecule has 1 aromatic rings. The second kappa shape index (κ2) is 5.63. The molecule has 18 heavy (non-hydrogen) atoms. The summed E-state index contributed by atoms with van der Waals surface area (Å²) in [7, 11) is 1.37. The number of carbonyl (C=O) groups excluding carboxylic acids is 2. The molecule has 94 valence electrons. The van der Waals surface area contributed by atoms with E-state index in [1.807, 2.05) is 24.3 Å². The van der Waals surface area contributed by atoms with Crippen molar-refractivity contribution >= 4 is 17.8 Å². The van der Waals surface area contributed by atoms with Crippen molar-refractivity contribution in [2.24, 2.45) is 0 Å². The molecule has 0 N–H and O–H groups in total. The molecule has 0 fully saturated rings.